The normalized spacial score (nSPS) is 9.55. The number of hydrogen-bond donors (Lipinski definition) is 0. The molecule has 60 valence electrons. The van der Waals surface area contributed by atoms with Crippen molar-refractivity contribution < 1.29 is 13.9 Å². The third-order valence-corrected chi connectivity index (χ3v) is 1.24. The molecule has 0 unspecified atom stereocenters. The Balaban J connectivity index is 2.29. The van der Waals surface area contributed by atoms with Crippen molar-refractivity contribution in [1.29, 1.82) is 0 Å². The van der Waals surface area contributed by atoms with Crippen LogP contribution in [0.15, 0.2) is 22.8 Å². The largest absolute Gasteiger partial charge is 0.466 e. The molecule has 1 aromatic heterocycles. The monoisotopic (exact) mass is 154 g/mol. The van der Waals surface area contributed by atoms with Crippen molar-refractivity contribution in [1.82, 2.24) is 0 Å². The topological polar surface area (TPSA) is 39.4 Å². The van der Waals surface area contributed by atoms with Gasteiger partial charge in [0, 0.05) is 6.42 Å². The lowest BCUT2D eigenvalue weighted by Crippen LogP contribution is -2.01. The second-order valence-corrected chi connectivity index (χ2v) is 2.09. The Labute approximate surface area is 65.0 Å². The van der Waals surface area contributed by atoms with Crippen molar-refractivity contribution in [3.8, 4) is 0 Å². The highest BCUT2D eigenvalue weighted by molar-refractivity contribution is 5.68. The Morgan fingerprint density at radius 3 is 3.09 bits per heavy atom. The summed E-state index contributed by atoms with van der Waals surface area (Å²) in [6.45, 7) is 1.99. The first kappa shape index (κ1) is 7.85. The van der Waals surface area contributed by atoms with Gasteiger partial charge in [0.15, 0.2) is 0 Å². The summed E-state index contributed by atoms with van der Waals surface area (Å²) < 4.78 is 9.75. The lowest BCUT2D eigenvalue weighted by Gasteiger charge is -1.98. The summed E-state index contributed by atoms with van der Waals surface area (Å²) in [5, 5.41) is 0. The summed E-state index contributed by atoms with van der Waals surface area (Å²) in [5.41, 5.74) is 0. The number of ether oxygens (including phenoxy) is 1. The molecule has 0 aliphatic carbocycles. The fourth-order valence-electron chi connectivity index (χ4n) is 0.648. The van der Waals surface area contributed by atoms with Crippen molar-refractivity contribution in [2.45, 2.75) is 20.0 Å². The molecule has 0 aliphatic rings. The molecule has 0 atom stereocenters. The molecule has 0 amide bonds. The fourth-order valence-corrected chi connectivity index (χ4v) is 0.648. The van der Waals surface area contributed by atoms with E-state index >= 15 is 0 Å². The second-order valence-electron chi connectivity index (χ2n) is 2.09. The summed E-state index contributed by atoms with van der Waals surface area (Å²) in [6.07, 6.45) is 1.95. The van der Waals surface area contributed by atoms with Gasteiger partial charge in [0.25, 0.3) is 0 Å². The molecular formula is C8H10O3. The van der Waals surface area contributed by atoms with E-state index in [9.17, 15) is 4.79 Å². The number of esters is 1. The maximum atomic E-state index is 10.6. The van der Waals surface area contributed by atoms with Crippen LogP contribution in [0.5, 0.6) is 0 Å². The summed E-state index contributed by atoms with van der Waals surface area (Å²) in [4.78, 5) is 10.6. The third kappa shape index (κ3) is 2.45. The Morgan fingerprint density at radius 2 is 2.55 bits per heavy atom. The summed E-state index contributed by atoms with van der Waals surface area (Å²) in [5.74, 6) is 0.466. The Hall–Kier alpha value is -1.25. The minimum Gasteiger partial charge on any atom is -0.466 e. The molecule has 0 radical (unpaired) electrons. The van der Waals surface area contributed by atoms with Gasteiger partial charge in [-0.05, 0) is 12.1 Å². The molecule has 0 bridgehead atoms. The fraction of sp³-hybridized carbons (Fsp3) is 0.375. The number of carbonyl (C=O) groups excluding carboxylic acids is 1. The molecule has 0 saturated heterocycles. The molecule has 1 aromatic rings. The van der Waals surface area contributed by atoms with E-state index in [4.69, 9.17) is 9.15 Å². The maximum absolute atomic E-state index is 10.6. The minimum absolute atomic E-state index is 0.207. The van der Waals surface area contributed by atoms with Gasteiger partial charge < -0.3 is 9.15 Å². The predicted octanol–water partition coefficient (Wildman–Crippen LogP) is 1.73. The lowest BCUT2D eigenvalue weighted by molar-refractivity contribution is -0.145. The second kappa shape index (κ2) is 3.81. The van der Waals surface area contributed by atoms with Crippen molar-refractivity contribution >= 4 is 5.97 Å². The molecule has 0 fully saturated rings. The standard InChI is InChI=1S/C8H10O3/c1-2-8(9)11-6-7-4-3-5-10-7/h3-5H,2,6H2,1H3. The van der Waals surface area contributed by atoms with Crippen LogP contribution in [-0.4, -0.2) is 5.97 Å². The molecule has 0 spiro atoms. The zero-order chi connectivity index (χ0) is 8.10. The molecule has 1 heterocycles. The zero-order valence-electron chi connectivity index (χ0n) is 6.37. The molecule has 11 heavy (non-hydrogen) atoms. The number of rotatable bonds is 3. The molecule has 0 N–H and O–H groups in total. The first-order valence-electron chi connectivity index (χ1n) is 3.51. The van der Waals surface area contributed by atoms with Gasteiger partial charge in [-0.15, -0.1) is 0 Å². The average molecular weight is 154 g/mol. The first-order chi connectivity index (χ1) is 5.33. The van der Waals surface area contributed by atoms with Crippen molar-refractivity contribution in [2.24, 2.45) is 0 Å². The maximum Gasteiger partial charge on any atom is 0.305 e. The summed E-state index contributed by atoms with van der Waals surface area (Å²) >= 11 is 0. The van der Waals surface area contributed by atoms with Crippen LogP contribution in [0.2, 0.25) is 0 Å². The van der Waals surface area contributed by atoms with Crippen LogP contribution >= 0.6 is 0 Å². The van der Waals surface area contributed by atoms with Gasteiger partial charge in [-0.3, -0.25) is 4.79 Å². The van der Waals surface area contributed by atoms with Crippen molar-refractivity contribution in [3.63, 3.8) is 0 Å². The predicted molar refractivity (Wildman–Crippen MR) is 38.8 cm³/mol. The van der Waals surface area contributed by atoms with Crippen molar-refractivity contribution in [3.05, 3.63) is 24.2 Å². The van der Waals surface area contributed by atoms with Crippen LogP contribution in [0.3, 0.4) is 0 Å². The lowest BCUT2D eigenvalue weighted by atomic mass is 10.4. The van der Waals surface area contributed by atoms with Gasteiger partial charge in [-0.2, -0.15) is 0 Å². The number of carbonyl (C=O) groups is 1. The molecule has 0 aliphatic heterocycles. The average Bonchev–Trinajstić information content (AvgIpc) is 2.52. The smallest absolute Gasteiger partial charge is 0.305 e. The Bertz CT molecular complexity index is 213. The number of hydrogen-bond acceptors (Lipinski definition) is 3. The van der Waals surface area contributed by atoms with Gasteiger partial charge >= 0.3 is 5.97 Å². The van der Waals surface area contributed by atoms with Crippen LogP contribution in [0.4, 0.5) is 0 Å². The van der Waals surface area contributed by atoms with Crippen molar-refractivity contribution in [2.75, 3.05) is 0 Å². The van der Waals surface area contributed by atoms with Crippen LogP contribution < -0.4 is 0 Å². The van der Waals surface area contributed by atoms with Gasteiger partial charge in [-0.25, -0.2) is 0 Å². The Morgan fingerprint density at radius 1 is 1.73 bits per heavy atom. The molecular weight excluding hydrogens is 144 g/mol. The molecule has 1 rings (SSSR count). The molecule has 3 heteroatoms. The minimum atomic E-state index is -0.207. The highest BCUT2D eigenvalue weighted by Crippen LogP contribution is 2.02. The Kier molecular flexibility index (Phi) is 2.72. The first-order valence-corrected chi connectivity index (χ1v) is 3.51. The summed E-state index contributed by atoms with van der Waals surface area (Å²) in [6, 6.07) is 3.53. The highest BCUT2D eigenvalue weighted by atomic mass is 16.5. The van der Waals surface area contributed by atoms with Crippen LogP contribution in [-0.2, 0) is 16.1 Å². The van der Waals surface area contributed by atoms with E-state index < -0.39 is 0 Å². The van der Waals surface area contributed by atoms with Gasteiger partial charge in [0.05, 0.1) is 6.26 Å². The van der Waals surface area contributed by atoms with Crippen LogP contribution in [0.1, 0.15) is 19.1 Å². The highest BCUT2D eigenvalue weighted by Gasteiger charge is 2.00. The number of furan rings is 1. The van der Waals surface area contributed by atoms with E-state index in [0.717, 1.165) is 0 Å². The van der Waals surface area contributed by atoms with E-state index in [2.05, 4.69) is 0 Å². The van der Waals surface area contributed by atoms with Crippen LogP contribution in [0.25, 0.3) is 0 Å². The molecule has 0 saturated carbocycles. The quantitative estimate of drug-likeness (QED) is 0.622. The van der Waals surface area contributed by atoms with E-state index in [0.29, 0.717) is 12.2 Å². The SMILES string of the molecule is CCC(=O)OCc1ccco1. The van der Waals surface area contributed by atoms with E-state index in [1.807, 2.05) is 0 Å². The van der Waals surface area contributed by atoms with E-state index in [1.54, 1.807) is 25.3 Å². The zero-order valence-corrected chi connectivity index (χ0v) is 6.37. The summed E-state index contributed by atoms with van der Waals surface area (Å²) in [7, 11) is 0. The van der Waals surface area contributed by atoms with E-state index in [-0.39, 0.29) is 12.6 Å². The van der Waals surface area contributed by atoms with E-state index in [1.165, 1.54) is 0 Å². The molecule has 0 aromatic carbocycles. The van der Waals surface area contributed by atoms with Gasteiger partial charge in [0.2, 0.25) is 0 Å². The molecule has 3 nitrogen and oxygen atoms in total. The van der Waals surface area contributed by atoms with Crippen LogP contribution in [0, 0.1) is 0 Å². The van der Waals surface area contributed by atoms with Gasteiger partial charge in [-0.1, -0.05) is 6.92 Å². The third-order valence-electron chi connectivity index (χ3n) is 1.24. The van der Waals surface area contributed by atoms with Gasteiger partial charge in [0.1, 0.15) is 12.4 Å².